The van der Waals surface area contributed by atoms with E-state index >= 15 is 0 Å². The van der Waals surface area contributed by atoms with Crippen molar-refractivity contribution in [1.82, 2.24) is 15.1 Å². The van der Waals surface area contributed by atoms with Crippen molar-refractivity contribution in [3.8, 4) is 16.8 Å². The van der Waals surface area contributed by atoms with Crippen molar-refractivity contribution in [2.24, 2.45) is 0 Å². The topological polar surface area (TPSA) is 76.0 Å². The molecule has 6 heteroatoms. The molecular formula is C25H28N4O2. The predicted molar refractivity (Wildman–Crippen MR) is 122 cm³/mol. The fraction of sp³-hybridized carbons (Fsp3) is 0.320. The Morgan fingerprint density at radius 1 is 0.968 bits per heavy atom. The first-order chi connectivity index (χ1) is 15.0. The molecule has 0 atom stereocenters. The van der Waals surface area contributed by atoms with E-state index in [2.05, 4.69) is 15.7 Å². The summed E-state index contributed by atoms with van der Waals surface area (Å²) >= 11 is 0. The molecule has 2 N–H and O–H groups in total. The fourth-order valence-corrected chi connectivity index (χ4v) is 4.22. The average molecular weight is 417 g/mol. The Labute approximate surface area is 182 Å². The molecule has 31 heavy (non-hydrogen) atoms. The lowest BCUT2D eigenvalue weighted by Gasteiger charge is -2.22. The summed E-state index contributed by atoms with van der Waals surface area (Å²) in [4.78, 5) is 24.5. The van der Waals surface area contributed by atoms with E-state index in [0.29, 0.717) is 11.4 Å². The number of aromatic nitrogens is 2. The van der Waals surface area contributed by atoms with Crippen molar-refractivity contribution < 1.29 is 9.59 Å². The lowest BCUT2D eigenvalue weighted by atomic mass is 9.95. The second kappa shape index (κ2) is 9.16. The molecule has 1 heterocycles. The molecule has 1 aromatic heterocycles. The Morgan fingerprint density at radius 2 is 1.65 bits per heavy atom. The quantitative estimate of drug-likeness (QED) is 0.623. The Morgan fingerprint density at radius 3 is 2.29 bits per heavy atom. The van der Waals surface area contributed by atoms with Crippen molar-refractivity contribution in [3.63, 3.8) is 0 Å². The van der Waals surface area contributed by atoms with Crippen LogP contribution in [-0.4, -0.2) is 27.6 Å². The number of amides is 2. The van der Waals surface area contributed by atoms with E-state index in [1.165, 1.54) is 26.2 Å². The number of aryl methyl sites for hydroxylation is 1. The summed E-state index contributed by atoms with van der Waals surface area (Å²) in [7, 11) is 0. The molecule has 2 aromatic carbocycles. The largest absolute Gasteiger partial charge is 0.349 e. The van der Waals surface area contributed by atoms with Crippen LogP contribution in [0.2, 0.25) is 0 Å². The van der Waals surface area contributed by atoms with E-state index in [9.17, 15) is 9.59 Å². The molecule has 1 saturated carbocycles. The van der Waals surface area contributed by atoms with Crippen LogP contribution >= 0.6 is 0 Å². The maximum atomic E-state index is 12.6. The number of hydrogen-bond acceptors (Lipinski definition) is 3. The summed E-state index contributed by atoms with van der Waals surface area (Å²) < 4.78 is 1.72. The molecule has 2 amide bonds. The van der Waals surface area contributed by atoms with Gasteiger partial charge in [-0.25, -0.2) is 4.68 Å². The van der Waals surface area contributed by atoms with Gasteiger partial charge in [0, 0.05) is 24.1 Å². The van der Waals surface area contributed by atoms with E-state index in [4.69, 9.17) is 0 Å². The highest BCUT2D eigenvalue weighted by molar-refractivity contribution is 5.95. The van der Waals surface area contributed by atoms with Crippen molar-refractivity contribution >= 4 is 17.6 Å². The number of nitrogens with zero attached hydrogens (tertiary/aromatic N) is 2. The monoisotopic (exact) mass is 416 g/mol. The molecule has 0 spiro atoms. The van der Waals surface area contributed by atoms with Crippen LogP contribution in [-0.2, 0) is 4.79 Å². The minimum absolute atomic E-state index is 0.0397. The highest BCUT2D eigenvalue weighted by Crippen LogP contribution is 2.33. The van der Waals surface area contributed by atoms with Crippen LogP contribution in [0, 0.1) is 6.92 Å². The molecule has 0 bridgehead atoms. The molecule has 1 fully saturated rings. The first-order valence-corrected chi connectivity index (χ1v) is 10.9. The first kappa shape index (κ1) is 20.8. The van der Waals surface area contributed by atoms with E-state index in [1.807, 2.05) is 61.5 Å². The maximum Gasteiger partial charge on any atom is 0.251 e. The van der Waals surface area contributed by atoms with E-state index in [0.717, 1.165) is 35.3 Å². The summed E-state index contributed by atoms with van der Waals surface area (Å²) in [5, 5.41) is 10.8. The maximum absolute atomic E-state index is 12.6. The standard InChI is InChI=1S/C25H28N4O2/c1-17-23(19-9-5-3-6-10-19)24(26-18(2)30)29(28-17)22-15-13-20(14-16-22)25(31)27-21-11-7-4-8-12-21/h3,5-6,9-10,13-16,21H,4,7-8,11-12H2,1-2H3,(H,26,30)(H,27,31). The third-order valence-corrected chi connectivity index (χ3v) is 5.73. The summed E-state index contributed by atoms with van der Waals surface area (Å²) in [5.41, 5.74) is 4.09. The van der Waals surface area contributed by atoms with Crippen molar-refractivity contribution in [2.45, 2.75) is 52.0 Å². The summed E-state index contributed by atoms with van der Waals surface area (Å²) in [6.07, 6.45) is 5.72. The summed E-state index contributed by atoms with van der Waals surface area (Å²) in [6, 6.07) is 17.5. The number of rotatable bonds is 5. The van der Waals surface area contributed by atoms with Crippen molar-refractivity contribution in [1.29, 1.82) is 0 Å². The van der Waals surface area contributed by atoms with Gasteiger partial charge >= 0.3 is 0 Å². The van der Waals surface area contributed by atoms with Crippen molar-refractivity contribution in [3.05, 3.63) is 65.9 Å². The van der Waals surface area contributed by atoms with Gasteiger partial charge in [0.25, 0.3) is 5.91 Å². The van der Waals surface area contributed by atoms with Gasteiger partial charge in [-0.2, -0.15) is 5.10 Å². The van der Waals surface area contributed by atoms with Gasteiger partial charge in [-0.05, 0) is 49.6 Å². The minimum Gasteiger partial charge on any atom is -0.349 e. The van der Waals surface area contributed by atoms with Crippen LogP contribution in [0.1, 0.15) is 55.1 Å². The van der Waals surface area contributed by atoms with Gasteiger partial charge in [0.1, 0.15) is 5.82 Å². The Kier molecular flexibility index (Phi) is 6.16. The minimum atomic E-state index is -0.165. The van der Waals surface area contributed by atoms with E-state index in [1.54, 1.807) is 4.68 Å². The highest BCUT2D eigenvalue weighted by atomic mass is 16.2. The second-order valence-corrected chi connectivity index (χ2v) is 8.12. The van der Waals surface area contributed by atoms with Gasteiger partial charge in [-0.15, -0.1) is 0 Å². The lowest BCUT2D eigenvalue weighted by molar-refractivity contribution is -0.114. The zero-order valence-corrected chi connectivity index (χ0v) is 18.0. The predicted octanol–water partition coefficient (Wildman–Crippen LogP) is 4.87. The normalized spacial score (nSPS) is 14.3. The lowest BCUT2D eigenvalue weighted by Crippen LogP contribution is -2.36. The third kappa shape index (κ3) is 4.68. The molecule has 1 aliphatic carbocycles. The Bertz CT molecular complexity index is 1060. The summed E-state index contributed by atoms with van der Waals surface area (Å²) in [5.74, 6) is 0.416. The molecule has 0 saturated heterocycles. The SMILES string of the molecule is CC(=O)Nc1c(-c2ccccc2)c(C)nn1-c1ccc(C(=O)NC2CCCCC2)cc1. The van der Waals surface area contributed by atoms with Crippen molar-refractivity contribution in [2.75, 3.05) is 5.32 Å². The molecule has 1 aliphatic rings. The molecule has 6 nitrogen and oxygen atoms in total. The smallest absolute Gasteiger partial charge is 0.251 e. The fourth-order valence-electron chi connectivity index (χ4n) is 4.22. The Balaban J connectivity index is 1.63. The zero-order valence-electron chi connectivity index (χ0n) is 18.0. The van der Waals surface area contributed by atoms with E-state index < -0.39 is 0 Å². The summed E-state index contributed by atoms with van der Waals surface area (Å²) in [6.45, 7) is 3.41. The second-order valence-electron chi connectivity index (χ2n) is 8.12. The van der Waals surface area contributed by atoms with Gasteiger partial charge in [0.05, 0.1) is 11.4 Å². The number of hydrogen-bond donors (Lipinski definition) is 2. The highest BCUT2D eigenvalue weighted by Gasteiger charge is 2.20. The number of carbonyl (C=O) groups excluding carboxylic acids is 2. The molecule has 0 unspecified atom stereocenters. The van der Waals surface area contributed by atoms with Crippen LogP contribution in [0.25, 0.3) is 16.8 Å². The van der Waals surface area contributed by atoms with Gasteiger partial charge < -0.3 is 10.6 Å². The van der Waals surface area contributed by atoms with E-state index in [-0.39, 0.29) is 17.9 Å². The number of anilines is 1. The van der Waals surface area contributed by atoms with Gasteiger partial charge in [0.2, 0.25) is 5.91 Å². The van der Waals surface area contributed by atoms with Crippen LogP contribution in [0.5, 0.6) is 0 Å². The third-order valence-electron chi connectivity index (χ3n) is 5.73. The average Bonchev–Trinajstić information content (AvgIpc) is 3.10. The number of benzene rings is 2. The van der Waals surface area contributed by atoms with Crippen LogP contribution < -0.4 is 10.6 Å². The zero-order chi connectivity index (χ0) is 21.8. The molecule has 0 radical (unpaired) electrons. The van der Waals surface area contributed by atoms with Crippen LogP contribution in [0.4, 0.5) is 5.82 Å². The van der Waals surface area contributed by atoms with Gasteiger partial charge in [0.15, 0.2) is 0 Å². The number of carbonyl (C=O) groups is 2. The number of nitrogens with one attached hydrogen (secondary N) is 2. The van der Waals surface area contributed by atoms with Crippen LogP contribution in [0.3, 0.4) is 0 Å². The molecule has 0 aliphatic heterocycles. The molecule has 4 rings (SSSR count). The molecule has 160 valence electrons. The first-order valence-electron chi connectivity index (χ1n) is 10.9. The van der Waals surface area contributed by atoms with Gasteiger partial charge in [-0.1, -0.05) is 49.6 Å². The Hall–Kier alpha value is -3.41. The molecular weight excluding hydrogens is 388 g/mol. The van der Waals surface area contributed by atoms with Crippen LogP contribution in [0.15, 0.2) is 54.6 Å². The molecule has 3 aromatic rings. The van der Waals surface area contributed by atoms with Gasteiger partial charge in [-0.3, -0.25) is 9.59 Å².